The minimum absolute atomic E-state index is 0.366. The number of benzene rings is 2. The number of H-pyrrole nitrogens is 1. The molecule has 2 N–H and O–H groups in total. The Kier molecular flexibility index (Phi) is 4.13. The van der Waals surface area contributed by atoms with E-state index in [1.54, 1.807) is 0 Å². The molecule has 0 aliphatic heterocycles. The van der Waals surface area contributed by atoms with E-state index in [0.29, 0.717) is 12.0 Å². The summed E-state index contributed by atoms with van der Waals surface area (Å²) < 4.78 is 1.15. The smallest absolute Gasteiger partial charge is 0.0666 e. The van der Waals surface area contributed by atoms with Gasteiger partial charge in [0.15, 0.2) is 0 Å². The van der Waals surface area contributed by atoms with Crippen molar-refractivity contribution in [3.63, 3.8) is 0 Å². The van der Waals surface area contributed by atoms with E-state index in [-0.39, 0.29) is 0 Å². The van der Waals surface area contributed by atoms with Gasteiger partial charge in [-0.3, -0.25) is 0 Å². The quantitative estimate of drug-likeness (QED) is 0.528. The van der Waals surface area contributed by atoms with E-state index in [2.05, 4.69) is 82.5 Å². The number of fused-ring (bicyclic) bond motifs is 3. The number of nitrogens with one attached hydrogen (secondary N) is 2. The lowest BCUT2D eigenvalue weighted by Gasteiger charge is -2.25. The molecule has 0 spiro atoms. The number of aromatic amines is 1. The fourth-order valence-electron chi connectivity index (χ4n) is 3.74. The largest absolute Gasteiger partial charge is 0.377 e. The highest BCUT2D eigenvalue weighted by Gasteiger charge is 2.24. The maximum Gasteiger partial charge on any atom is 0.0666 e. The second-order valence-electron chi connectivity index (χ2n) is 7.07. The van der Waals surface area contributed by atoms with Crippen LogP contribution in [0.15, 0.2) is 46.9 Å². The van der Waals surface area contributed by atoms with Gasteiger partial charge in [-0.15, -0.1) is 0 Å². The lowest BCUT2D eigenvalue weighted by Crippen LogP contribution is -2.17. The van der Waals surface area contributed by atoms with Crippen LogP contribution in [-0.4, -0.2) is 4.98 Å². The lowest BCUT2D eigenvalue weighted by molar-refractivity contribution is 0.592. The summed E-state index contributed by atoms with van der Waals surface area (Å²) in [4.78, 5) is 3.66. The van der Waals surface area contributed by atoms with Gasteiger partial charge in [0.2, 0.25) is 0 Å². The molecule has 2 aromatic carbocycles. The molecule has 1 aliphatic rings. The van der Waals surface area contributed by atoms with E-state index in [1.807, 2.05) is 0 Å². The molecule has 124 valence electrons. The Morgan fingerprint density at radius 3 is 2.67 bits per heavy atom. The number of halogens is 1. The van der Waals surface area contributed by atoms with Crippen molar-refractivity contribution in [1.82, 2.24) is 4.98 Å². The molecule has 0 saturated heterocycles. The van der Waals surface area contributed by atoms with Gasteiger partial charge in [-0.2, -0.15) is 0 Å². The van der Waals surface area contributed by atoms with Gasteiger partial charge < -0.3 is 10.3 Å². The number of hydrogen-bond donors (Lipinski definition) is 2. The fraction of sp³-hybridized carbons (Fsp3) is 0.333. The van der Waals surface area contributed by atoms with Crippen LogP contribution in [0.2, 0.25) is 0 Å². The minimum atomic E-state index is 0.366. The highest BCUT2D eigenvalue weighted by molar-refractivity contribution is 9.10. The summed E-state index contributed by atoms with van der Waals surface area (Å²) in [5.41, 5.74) is 6.68. The molecule has 0 saturated carbocycles. The molecule has 24 heavy (non-hydrogen) atoms. The van der Waals surface area contributed by atoms with E-state index in [1.165, 1.54) is 46.3 Å². The van der Waals surface area contributed by atoms with E-state index in [0.717, 1.165) is 10.9 Å². The molecule has 1 heterocycles. The average molecular weight is 383 g/mol. The first-order valence-corrected chi connectivity index (χ1v) is 9.57. The van der Waals surface area contributed by atoms with Crippen LogP contribution in [0.4, 0.5) is 5.69 Å². The van der Waals surface area contributed by atoms with Crippen LogP contribution in [0.25, 0.3) is 10.9 Å². The maximum atomic E-state index is 3.74. The van der Waals surface area contributed by atoms with Gasteiger partial charge in [0.05, 0.1) is 6.04 Å². The predicted octanol–water partition coefficient (Wildman–Crippen LogP) is 6.54. The first-order valence-electron chi connectivity index (χ1n) is 8.78. The Morgan fingerprint density at radius 1 is 1.12 bits per heavy atom. The number of anilines is 1. The molecule has 1 unspecified atom stereocenters. The van der Waals surface area contributed by atoms with Crippen LogP contribution in [0, 0.1) is 0 Å². The standard InChI is InChI=1S/C21H23BrN2/c1-13(2)14-6-9-16(10-7-14)23-20-5-3-4-17-18-12-15(22)8-11-19(18)24-21(17)20/h6-13,20,23-24H,3-5H2,1-2H3. The monoisotopic (exact) mass is 382 g/mol. The van der Waals surface area contributed by atoms with E-state index < -0.39 is 0 Å². The molecule has 4 rings (SSSR count). The molecule has 3 heteroatoms. The van der Waals surface area contributed by atoms with Crippen molar-refractivity contribution in [2.75, 3.05) is 5.32 Å². The number of rotatable bonds is 3. The highest BCUT2D eigenvalue weighted by atomic mass is 79.9. The van der Waals surface area contributed by atoms with E-state index in [9.17, 15) is 0 Å². The highest BCUT2D eigenvalue weighted by Crippen LogP contribution is 2.37. The van der Waals surface area contributed by atoms with Gasteiger partial charge in [-0.1, -0.05) is 41.9 Å². The van der Waals surface area contributed by atoms with Gasteiger partial charge in [0, 0.05) is 26.8 Å². The third-order valence-electron chi connectivity index (χ3n) is 5.09. The third kappa shape index (κ3) is 2.86. The predicted molar refractivity (Wildman–Crippen MR) is 106 cm³/mol. The van der Waals surface area contributed by atoms with Crippen molar-refractivity contribution in [3.05, 3.63) is 63.8 Å². The molecular weight excluding hydrogens is 360 g/mol. The second-order valence-corrected chi connectivity index (χ2v) is 7.99. The Hall–Kier alpha value is -1.74. The molecule has 0 fully saturated rings. The molecule has 0 radical (unpaired) electrons. The number of aryl methyl sites for hydroxylation is 1. The topological polar surface area (TPSA) is 27.8 Å². The summed E-state index contributed by atoms with van der Waals surface area (Å²) in [6.45, 7) is 4.47. The number of hydrogen-bond acceptors (Lipinski definition) is 1. The van der Waals surface area contributed by atoms with Crippen molar-refractivity contribution < 1.29 is 0 Å². The van der Waals surface area contributed by atoms with Crippen molar-refractivity contribution in [2.45, 2.75) is 45.1 Å². The van der Waals surface area contributed by atoms with E-state index in [4.69, 9.17) is 0 Å². The molecule has 0 bridgehead atoms. The second kappa shape index (κ2) is 6.29. The zero-order chi connectivity index (χ0) is 16.7. The SMILES string of the molecule is CC(C)c1ccc(NC2CCCc3c2[nH]c2ccc(Br)cc32)cc1. The lowest BCUT2D eigenvalue weighted by atomic mass is 9.91. The Labute approximate surface area is 151 Å². The van der Waals surface area contributed by atoms with Crippen molar-refractivity contribution in [2.24, 2.45) is 0 Å². The van der Waals surface area contributed by atoms with Crippen LogP contribution in [0.1, 0.15) is 55.5 Å². The fourth-order valence-corrected chi connectivity index (χ4v) is 4.11. The Morgan fingerprint density at radius 2 is 1.92 bits per heavy atom. The average Bonchev–Trinajstić information content (AvgIpc) is 2.94. The zero-order valence-corrected chi connectivity index (χ0v) is 15.8. The van der Waals surface area contributed by atoms with Gasteiger partial charge in [0.25, 0.3) is 0 Å². The van der Waals surface area contributed by atoms with Gasteiger partial charge in [0.1, 0.15) is 0 Å². The van der Waals surface area contributed by atoms with Gasteiger partial charge >= 0.3 is 0 Å². The van der Waals surface area contributed by atoms with Crippen LogP contribution >= 0.6 is 15.9 Å². The Bertz CT molecular complexity index is 861. The zero-order valence-electron chi connectivity index (χ0n) is 14.2. The molecule has 1 atom stereocenters. The van der Waals surface area contributed by atoms with Gasteiger partial charge in [-0.25, -0.2) is 0 Å². The van der Waals surface area contributed by atoms with Crippen molar-refractivity contribution in [1.29, 1.82) is 0 Å². The molecule has 0 amide bonds. The maximum absolute atomic E-state index is 3.74. The number of aromatic nitrogens is 1. The molecule has 3 aromatic rings. The van der Waals surface area contributed by atoms with E-state index >= 15 is 0 Å². The third-order valence-corrected chi connectivity index (χ3v) is 5.58. The van der Waals surface area contributed by atoms with Gasteiger partial charge in [-0.05, 0) is 66.6 Å². The Balaban J connectivity index is 1.65. The molecule has 2 nitrogen and oxygen atoms in total. The van der Waals surface area contributed by atoms with Crippen LogP contribution in [-0.2, 0) is 6.42 Å². The van der Waals surface area contributed by atoms with Crippen LogP contribution in [0.5, 0.6) is 0 Å². The van der Waals surface area contributed by atoms with Crippen molar-refractivity contribution in [3.8, 4) is 0 Å². The summed E-state index contributed by atoms with van der Waals surface area (Å²) in [6.07, 6.45) is 3.57. The summed E-state index contributed by atoms with van der Waals surface area (Å²) >= 11 is 3.60. The minimum Gasteiger partial charge on any atom is -0.377 e. The van der Waals surface area contributed by atoms with Crippen LogP contribution < -0.4 is 5.32 Å². The van der Waals surface area contributed by atoms with Crippen molar-refractivity contribution >= 4 is 32.5 Å². The summed E-state index contributed by atoms with van der Waals surface area (Å²) in [5, 5.41) is 5.10. The molecule has 1 aliphatic carbocycles. The summed E-state index contributed by atoms with van der Waals surface area (Å²) in [5.74, 6) is 0.576. The summed E-state index contributed by atoms with van der Waals surface area (Å²) in [7, 11) is 0. The molecular formula is C21H23BrN2. The molecule has 1 aromatic heterocycles. The summed E-state index contributed by atoms with van der Waals surface area (Å²) in [6, 6.07) is 15.8. The van der Waals surface area contributed by atoms with Crippen LogP contribution in [0.3, 0.4) is 0 Å². The first-order chi connectivity index (χ1) is 11.6. The first kappa shape index (κ1) is 15.8. The normalized spacial score (nSPS) is 17.2.